The number of hydrogen-bond acceptors (Lipinski definition) is 4. The molecule has 0 heterocycles. The lowest BCUT2D eigenvalue weighted by Gasteiger charge is -2.11. The lowest BCUT2D eigenvalue weighted by atomic mass is 10.1. The number of hydrogen-bond donors (Lipinski definition) is 1. The molecule has 98 valence electrons. The van der Waals surface area contributed by atoms with Gasteiger partial charge < -0.3 is 5.11 Å². The second kappa shape index (κ2) is 5.34. The van der Waals surface area contributed by atoms with E-state index in [0.29, 0.717) is 0 Å². The summed E-state index contributed by atoms with van der Waals surface area (Å²) in [5.41, 5.74) is -1.92. The summed E-state index contributed by atoms with van der Waals surface area (Å²) in [4.78, 5) is 11.9. The molecule has 5 heteroatoms. The summed E-state index contributed by atoms with van der Waals surface area (Å²) in [7, 11) is -4.08. The Kier molecular flexibility index (Phi) is 3.78. The van der Waals surface area contributed by atoms with Crippen molar-refractivity contribution in [3.05, 3.63) is 66.2 Å². The van der Waals surface area contributed by atoms with Crippen LogP contribution in [0.5, 0.6) is 0 Å². The highest BCUT2D eigenvalue weighted by Crippen LogP contribution is 2.17. The molecule has 0 aliphatic carbocycles. The molecule has 0 aliphatic rings. The number of carbonyl (C=O) groups excluding carboxylic acids is 1. The number of sulfone groups is 1. The van der Waals surface area contributed by atoms with Gasteiger partial charge in [-0.1, -0.05) is 48.5 Å². The minimum Gasteiger partial charge on any atom is -0.370 e. The van der Waals surface area contributed by atoms with Crippen LogP contribution in [0.4, 0.5) is 0 Å². The molecule has 2 aromatic carbocycles. The number of ketones is 1. The molecular weight excluding hydrogens is 264 g/mol. The molecule has 0 bridgehead atoms. The Bertz CT molecular complexity index is 663. The molecule has 0 aromatic heterocycles. The molecule has 0 aliphatic heterocycles. The second-order valence-electron chi connectivity index (χ2n) is 3.94. The zero-order valence-electron chi connectivity index (χ0n) is 9.93. The van der Waals surface area contributed by atoms with Gasteiger partial charge in [-0.25, -0.2) is 8.42 Å². The average Bonchev–Trinajstić information content (AvgIpc) is 2.47. The fraction of sp³-hybridized carbons (Fsp3) is 0.0714. The van der Waals surface area contributed by atoms with E-state index in [1.165, 1.54) is 36.4 Å². The fourth-order valence-electron chi connectivity index (χ4n) is 1.62. The Hall–Kier alpha value is -1.98. The van der Waals surface area contributed by atoms with Crippen molar-refractivity contribution in [3.63, 3.8) is 0 Å². The van der Waals surface area contributed by atoms with E-state index >= 15 is 0 Å². The van der Waals surface area contributed by atoms with Crippen LogP contribution in [0.3, 0.4) is 0 Å². The van der Waals surface area contributed by atoms with Gasteiger partial charge in [0.15, 0.2) is 0 Å². The number of benzene rings is 2. The van der Waals surface area contributed by atoms with Crippen molar-refractivity contribution in [1.29, 1.82) is 0 Å². The van der Waals surface area contributed by atoms with Crippen molar-refractivity contribution in [3.8, 4) is 0 Å². The van der Waals surface area contributed by atoms with E-state index in [-0.39, 0.29) is 10.5 Å². The highest BCUT2D eigenvalue weighted by Gasteiger charge is 2.32. The molecule has 0 fully saturated rings. The summed E-state index contributed by atoms with van der Waals surface area (Å²) in [6.07, 6.45) is 0. The van der Waals surface area contributed by atoms with Crippen LogP contribution in [0.25, 0.3) is 0 Å². The molecule has 4 nitrogen and oxygen atoms in total. The number of aliphatic hydroxyl groups excluding tert-OH is 1. The fourth-order valence-corrected chi connectivity index (χ4v) is 2.84. The molecule has 0 amide bonds. The smallest absolute Gasteiger partial charge is 0.223 e. The molecule has 0 saturated carbocycles. The van der Waals surface area contributed by atoms with Crippen LogP contribution in [-0.4, -0.2) is 24.7 Å². The summed E-state index contributed by atoms with van der Waals surface area (Å²) in [5.74, 6) is -0.829. The van der Waals surface area contributed by atoms with Crippen molar-refractivity contribution in [2.24, 2.45) is 0 Å². The van der Waals surface area contributed by atoms with E-state index in [0.717, 1.165) is 0 Å². The molecule has 19 heavy (non-hydrogen) atoms. The third-order valence-electron chi connectivity index (χ3n) is 2.65. The summed E-state index contributed by atoms with van der Waals surface area (Å²) in [6.45, 7) is 0. The maximum absolute atomic E-state index is 12.1. The van der Waals surface area contributed by atoms with Crippen LogP contribution in [0.15, 0.2) is 65.6 Å². The Balaban J connectivity index is 2.35. The molecule has 1 unspecified atom stereocenters. The lowest BCUT2D eigenvalue weighted by Crippen LogP contribution is -2.30. The minimum atomic E-state index is -4.08. The molecule has 0 saturated heterocycles. The first-order valence-electron chi connectivity index (χ1n) is 5.60. The maximum Gasteiger partial charge on any atom is 0.223 e. The largest absolute Gasteiger partial charge is 0.370 e. The van der Waals surface area contributed by atoms with E-state index in [9.17, 15) is 18.3 Å². The quantitative estimate of drug-likeness (QED) is 0.862. The standard InChI is InChI=1S/C14H12O4S/c15-13(11-7-3-1-4-8-11)14(16)19(17,18)12-9-5-2-6-10-12/h1-10,14,16H. The molecule has 0 spiro atoms. The number of Topliss-reactive ketones (excluding diaryl/α,β-unsaturated/α-hetero) is 1. The van der Waals surface area contributed by atoms with Gasteiger partial charge in [-0.15, -0.1) is 0 Å². The van der Waals surface area contributed by atoms with Gasteiger partial charge in [0.25, 0.3) is 0 Å². The van der Waals surface area contributed by atoms with Gasteiger partial charge in [0, 0.05) is 5.56 Å². The van der Waals surface area contributed by atoms with Gasteiger partial charge in [-0.05, 0) is 12.1 Å². The first-order chi connectivity index (χ1) is 9.03. The van der Waals surface area contributed by atoms with Crippen LogP contribution in [0, 0.1) is 0 Å². The maximum atomic E-state index is 12.1. The summed E-state index contributed by atoms with van der Waals surface area (Å²) < 4.78 is 24.2. The van der Waals surface area contributed by atoms with Crippen LogP contribution in [0.2, 0.25) is 0 Å². The van der Waals surface area contributed by atoms with Crippen molar-refractivity contribution in [2.75, 3.05) is 0 Å². The predicted octanol–water partition coefficient (Wildman–Crippen LogP) is 1.66. The third-order valence-corrected chi connectivity index (χ3v) is 4.38. The lowest BCUT2D eigenvalue weighted by molar-refractivity contribution is 0.0858. The number of aliphatic hydroxyl groups is 1. The van der Waals surface area contributed by atoms with Crippen LogP contribution < -0.4 is 0 Å². The van der Waals surface area contributed by atoms with Crippen LogP contribution in [-0.2, 0) is 9.84 Å². The Labute approximate surface area is 111 Å². The van der Waals surface area contributed by atoms with Crippen molar-refractivity contribution >= 4 is 15.6 Å². The SMILES string of the molecule is O=C(c1ccccc1)C(O)S(=O)(=O)c1ccccc1. The van der Waals surface area contributed by atoms with Gasteiger partial charge >= 0.3 is 0 Å². The van der Waals surface area contributed by atoms with E-state index < -0.39 is 21.1 Å². The van der Waals surface area contributed by atoms with Gasteiger partial charge in [-0.2, -0.15) is 0 Å². The molecule has 1 N–H and O–H groups in total. The molecular formula is C14H12O4S. The van der Waals surface area contributed by atoms with Gasteiger partial charge in [0.1, 0.15) is 0 Å². The first-order valence-corrected chi connectivity index (χ1v) is 7.14. The van der Waals surface area contributed by atoms with E-state index in [1.807, 2.05) is 0 Å². The van der Waals surface area contributed by atoms with Crippen LogP contribution in [0.1, 0.15) is 10.4 Å². The summed E-state index contributed by atoms with van der Waals surface area (Å²) in [6, 6.07) is 15.3. The molecule has 1 atom stereocenters. The van der Waals surface area contributed by atoms with Gasteiger partial charge in [-0.3, -0.25) is 4.79 Å². The third kappa shape index (κ3) is 2.72. The van der Waals surface area contributed by atoms with E-state index in [4.69, 9.17) is 0 Å². The second-order valence-corrected chi connectivity index (χ2v) is 5.95. The zero-order chi connectivity index (χ0) is 13.9. The van der Waals surface area contributed by atoms with Crippen LogP contribution >= 0.6 is 0 Å². The van der Waals surface area contributed by atoms with Crippen molar-refractivity contribution < 1.29 is 18.3 Å². The van der Waals surface area contributed by atoms with E-state index in [2.05, 4.69) is 0 Å². The number of carbonyl (C=O) groups is 1. The Morgan fingerprint density at radius 3 is 1.89 bits per heavy atom. The monoisotopic (exact) mass is 276 g/mol. The minimum absolute atomic E-state index is 0.0771. The normalized spacial score (nSPS) is 12.9. The molecule has 0 radical (unpaired) electrons. The van der Waals surface area contributed by atoms with Crippen molar-refractivity contribution in [2.45, 2.75) is 10.3 Å². The van der Waals surface area contributed by atoms with Gasteiger partial charge in [0.2, 0.25) is 21.1 Å². The van der Waals surface area contributed by atoms with Gasteiger partial charge in [0.05, 0.1) is 4.90 Å². The predicted molar refractivity (Wildman–Crippen MR) is 70.4 cm³/mol. The van der Waals surface area contributed by atoms with E-state index in [1.54, 1.807) is 24.3 Å². The Morgan fingerprint density at radius 2 is 1.37 bits per heavy atom. The topological polar surface area (TPSA) is 71.4 Å². The summed E-state index contributed by atoms with van der Waals surface area (Å²) >= 11 is 0. The molecule has 2 aromatic rings. The average molecular weight is 276 g/mol. The zero-order valence-corrected chi connectivity index (χ0v) is 10.7. The summed E-state index contributed by atoms with van der Waals surface area (Å²) in [5, 5.41) is 9.81. The number of rotatable bonds is 4. The van der Waals surface area contributed by atoms with Crippen molar-refractivity contribution in [1.82, 2.24) is 0 Å². The highest BCUT2D eigenvalue weighted by atomic mass is 32.2. The highest BCUT2D eigenvalue weighted by molar-refractivity contribution is 7.92. The molecule has 2 rings (SSSR count). The Morgan fingerprint density at radius 1 is 0.895 bits per heavy atom. The first kappa shape index (κ1) is 13.5.